The molecule has 0 bridgehead atoms. The molecule has 150 valence electrons. The molecule has 1 aliphatic rings. The molecule has 0 atom stereocenters. The number of fused-ring (bicyclic) bond motifs is 1. The van der Waals surface area contributed by atoms with Crippen LogP contribution in [-0.4, -0.2) is 16.8 Å². The third-order valence-electron chi connectivity index (χ3n) is 4.92. The lowest BCUT2D eigenvalue weighted by atomic mass is 9.98. The van der Waals surface area contributed by atoms with E-state index >= 15 is 0 Å². The highest BCUT2D eigenvalue weighted by atomic mass is 16.7. The van der Waals surface area contributed by atoms with Gasteiger partial charge in [-0.05, 0) is 48.6 Å². The highest BCUT2D eigenvalue weighted by Gasteiger charge is 2.14. The van der Waals surface area contributed by atoms with Crippen molar-refractivity contribution in [2.75, 3.05) is 17.4 Å². The van der Waals surface area contributed by atoms with Crippen LogP contribution in [0.3, 0.4) is 0 Å². The summed E-state index contributed by atoms with van der Waals surface area (Å²) in [6, 6.07) is 14.2. The first kappa shape index (κ1) is 19.1. The smallest absolute Gasteiger partial charge is 0.231 e. The van der Waals surface area contributed by atoms with Gasteiger partial charge in [-0.15, -0.1) is 0 Å². The molecule has 2 N–H and O–H groups in total. The highest BCUT2D eigenvalue weighted by Crippen LogP contribution is 2.33. The van der Waals surface area contributed by atoms with Gasteiger partial charge < -0.3 is 20.1 Å². The molecule has 6 nitrogen and oxygen atoms in total. The maximum Gasteiger partial charge on any atom is 0.231 e. The first-order valence-corrected chi connectivity index (χ1v) is 9.84. The van der Waals surface area contributed by atoms with Gasteiger partial charge in [0.25, 0.3) is 0 Å². The molecular weight excluding hydrogens is 364 g/mol. The van der Waals surface area contributed by atoms with E-state index in [0.717, 1.165) is 34.3 Å². The third-order valence-corrected chi connectivity index (χ3v) is 4.92. The minimum atomic E-state index is 0.277. The molecule has 2 heterocycles. The summed E-state index contributed by atoms with van der Waals surface area (Å²) in [6.07, 6.45) is 0. The zero-order valence-electron chi connectivity index (χ0n) is 17.2. The Balaban J connectivity index is 1.53. The molecule has 1 aliphatic heterocycles. The number of ether oxygens (including phenoxy) is 2. The van der Waals surface area contributed by atoms with Crippen LogP contribution in [0.4, 0.5) is 17.5 Å². The van der Waals surface area contributed by atoms with Crippen molar-refractivity contribution in [2.24, 2.45) is 0 Å². The molecule has 6 heteroatoms. The van der Waals surface area contributed by atoms with Crippen LogP contribution in [0.5, 0.6) is 11.5 Å². The lowest BCUT2D eigenvalue weighted by Gasteiger charge is -2.17. The van der Waals surface area contributed by atoms with E-state index in [1.807, 2.05) is 31.2 Å². The number of nitrogens with zero attached hydrogens (tertiary/aromatic N) is 2. The van der Waals surface area contributed by atoms with Crippen molar-refractivity contribution in [3.05, 3.63) is 64.8 Å². The summed E-state index contributed by atoms with van der Waals surface area (Å²) in [7, 11) is 0. The first-order chi connectivity index (χ1) is 14.0. The molecular formula is C23H26N4O2. The predicted molar refractivity (Wildman–Crippen MR) is 115 cm³/mol. The van der Waals surface area contributed by atoms with Crippen LogP contribution < -0.4 is 20.1 Å². The molecule has 0 amide bonds. The van der Waals surface area contributed by atoms with E-state index in [1.165, 1.54) is 11.1 Å². The third kappa shape index (κ3) is 4.26. The van der Waals surface area contributed by atoms with Crippen molar-refractivity contribution in [3.63, 3.8) is 0 Å². The summed E-state index contributed by atoms with van der Waals surface area (Å²) in [5.74, 6) is 3.35. The Morgan fingerprint density at radius 2 is 1.83 bits per heavy atom. The van der Waals surface area contributed by atoms with Crippen LogP contribution in [0.15, 0.2) is 42.5 Å². The summed E-state index contributed by atoms with van der Waals surface area (Å²) in [5.41, 5.74) is 5.56. The molecule has 0 unspecified atom stereocenters. The highest BCUT2D eigenvalue weighted by molar-refractivity contribution is 5.66. The molecule has 0 spiro atoms. The van der Waals surface area contributed by atoms with Crippen molar-refractivity contribution in [2.45, 2.75) is 40.2 Å². The molecule has 0 fully saturated rings. The Labute approximate surface area is 171 Å². The molecule has 0 radical (unpaired) electrons. The van der Waals surface area contributed by atoms with Gasteiger partial charge in [-0.3, -0.25) is 0 Å². The molecule has 0 saturated carbocycles. The van der Waals surface area contributed by atoms with Crippen LogP contribution in [0, 0.1) is 13.8 Å². The fourth-order valence-electron chi connectivity index (χ4n) is 3.41. The van der Waals surface area contributed by atoms with Gasteiger partial charge in [0, 0.05) is 24.0 Å². The Kier molecular flexibility index (Phi) is 5.25. The second-order valence-corrected chi connectivity index (χ2v) is 7.58. The van der Waals surface area contributed by atoms with Gasteiger partial charge >= 0.3 is 0 Å². The van der Waals surface area contributed by atoms with Crippen LogP contribution >= 0.6 is 0 Å². The number of aryl methyl sites for hydroxylation is 2. The maximum absolute atomic E-state index is 5.45. The number of rotatable bonds is 6. The van der Waals surface area contributed by atoms with Gasteiger partial charge in [0.1, 0.15) is 5.82 Å². The van der Waals surface area contributed by atoms with Gasteiger partial charge in [0.2, 0.25) is 12.7 Å². The van der Waals surface area contributed by atoms with Crippen molar-refractivity contribution >= 4 is 17.5 Å². The van der Waals surface area contributed by atoms with Crippen LogP contribution in [-0.2, 0) is 6.54 Å². The molecule has 29 heavy (non-hydrogen) atoms. The first-order valence-electron chi connectivity index (χ1n) is 9.84. The number of anilines is 3. The van der Waals surface area contributed by atoms with E-state index in [4.69, 9.17) is 9.47 Å². The SMILES string of the molecule is Cc1cc(Nc2c(C)cccc2C(C)C)nc(NCc2ccc3c(c2)OCO3)n1. The van der Waals surface area contributed by atoms with E-state index in [0.29, 0.717) is 18.4 Å². The van der Waals surface area contributed by atoms with Crippen LogP contribution in [0.2, 0.25) is 0 Å². The molecule has 1 aromatic heterocycles. The van der Waals surface area contributed by atoms with Gasteiger partial charge in [-0.2, -0.15) is 4.98 Å². The summed E-state index contributed by atoms with van der Waals surface area (Å²) in [4.78, 5) is 9.19. The fraction of sp³-hybridized carbons (Fsp3) is 0.304. The summed E-state index contributed by atoms with van der Waals surface area (Å²) < 4.78 is 10.8. The van der Waals surface area contributed by atoms with Gasteiger partial charge in [0.15, 0.2) is 11.5 Å². The van der Waals surface area contributed by atoms with Gasteiger partial charge in [-0.25, -0.2) is 4.98 Å². The zero-order chi connectivity index (χ0) is 20.4. The minimum absolute atomic E-state index is 0.277. The van der Waals surface area contributed by atoms with Gasteiger partial charge in [-0.1, -0.05) is 38.1 Å². The van der Waals surface area contributed by atoms with Crippen molar-refractivity contribution < 1.29 is 9.47 Å². The molecule has 3 aromatic rings. The lowest BCUT2D eigenvalue weighted by molar-refractivity contribution is 0.174. The molecule has 0 aliphatic carbocycles. The van der Waals surface area contributed by atoms with Crippen molar-refractivity contribution in [1.82, 2.24) is 9.97 Å². The number of benzene rings is 2. The maximum atomic E-state index is 5.45. The number of hydrogen-bond acceptors (Lipinski definition) is 6. The lowest BCUT2D eigenvalue weighted by Crippen LogP contribution is -2.07. The Bertz CT molecular complexity index is 1030. The van der Waals surface area contributed by atoms with E-state index in [9.17, 15) is 0 Å². The van der Waals surface area contributed by atoms with Crippen molar-refractivity contribution in [1.29, 1.82) is 0 Å². The second kappa shape index (κ2) is 7.99. The minimum Gasteiger partial charge on any atom is -0.454 e. The van der Waals surface area contributed by atoms with Crippen LogP contribution in [0.1, 0.15) is 42.1 Å². The fourth-order valence-corrected chi connectivity index (χ4v) is 3.41. The van der Waals surface area contributed by atoms with Gasteiger partial charge in [0.05, 0.1) is 0 Å². The van der Waals surface area contributed by atoms with E-state index < -0.39 is 0 Å². The molecule has 2 aromatic carbocycles. The van der Waals surface area contributed by atoms with E-state index in [1.54, 1.807) is 0 Å². The number of aromatic nitrogens is 2. The quantitative estimate of drug-likeness (QED) is 0.595. The van der Waals surface area contributed by atoms with E-state index in [-0.39, 0.29) is 6.79 Å². The Morgan fingerprint density at radius 3 is 2.66 bits per heavy atom. The molecule has 0 saturated heterocycles. The Morgan fingerprint density at radius 1 is 1.00 bits per heavy atom. The average Bonchev–Trinajstić information content (AvgIpc) is 3.15. The largest absolute Gasteiger partial charge is 0.454 e. The predicted octanol–water partition coefficient (Wildman–Crippen LogP) is 5.30. The van der Waals surface area contributed by atoms with Crippen molar-refractivity contribution in [3.8, 4) is 11.5 Å². The second-order valence-electron chi connectivity index (χ2n) is 7.58. The summed E-state index contributed by atoms with van der Waals surface area (Å²) in [6.45, 7) is 9.36. The topological polar surface area (TPSA) is 68.3 Å². The number of nitrogens with one attached hydrogen (secondary N) is 2. The Hall–Kier alpha value is -3.28. The summed E-state index contributed by atoms with van der Waals surface area (Å²) in [5, 5.41) is 6.82. The average molecular weight is 390 g/mol. The molecule has 4 rings (SSSR count). The number of hydrogen-bond donors (Lipinski definition) is 2. The summed E-state index contributed by atoms with van der Waals surface area (Å²) >= 11 is 0. The normalized spacial score (nSPS) is 12.3. The number of para-hydroxylation sites is 1. The monoisotopic (exact) mass is 390 g/mol. The van der Waals surface area contributed by atoms with Crippen LogP contribution in [0.25, 0.3) is 0 Å². The standard InChI is InChI=1S/C23H26N4O2/c1-14(2)18-7-5-6-15(3)22(18)26-21-10-16(4)25-23(27-21)24-12-17-8-9-19-20(11-17)29-13-28-19/h5-11,14H,12-13H2,1-4H3,(H2,24,25,26,27). The zero-order valence-corrected chi connectivity index (χ0v) is 17.2. The van der Waals surface area contributed by atoms with E-state index in [2.05, 4.69) is 59.6 Å².